The van der Waals surface area contributed by atoms with Gasteiger partial charge in [0.15, 0.2) is 0 Å². The van der Waals surface area contributed by atoms with Gasteiger partial charge in [-0.15, -0.1) is 0 Å². The van der Waals surface area contributed by atoms with E-state index < -0.39 is 0 Å². The quantitative estimate of drug-likeness (QED) is 0.588. The highest BCUT2D eigenvalue weighted by molar-refractivity contribution is 5.29. The van der Waals surface area contributed by atoms with E-state index in [9.17, 15) is 0 Å². The molecule has 0 radical (unpaired) electrons. The first-order chi connectivity index (χ1) is 6.91. The lowest BCUT2D eigenvalue weighted by atomic mass is 9.76. The fourth-order valence-corrected chi connectivity index (χ4v) is 2.97. The van der Waals surface area contributed by atoms with Crippen molar-refractivity contribution in [2.45, 2.75) is 24.9 Å². The number of fused-ring (bicyclic) bond motifs is 2. The van der Waals surface area contributed by atoms with Crippen LogP contribution < -0.4 is 5.32 Å². The van der Waals surface area contributed by atoms with Crippen LogP contribution in [0.3, 0.4) is 0 Å². The van der Waals surface area contributed by atoms with E-state index >= 15 is 0 Å². The summed E-state index contributed by atoms with van der Waals surface area (Å²) in [6.45, 7) is 3.09. The summed E-state index contributed by atoms with van der Waals surface area (Å²) in [5.74, 6) is 0.582. The standard InChI is InChI=1S/C12H17NO/c1-2-4-11-10(3-1)9-14-12(11)5-7-13-8-6-12/h2-4,11,13H,1,5-9H2. The molecule has 0 aromatic carbocycles. The van der Waals surface area contributed by atoms with Gasteiger partial charge in [-0.3, -0.25) is 0 Å². The summed E-state index contributed by atoms with van der Waals surface area (Å²) < 4.78 is 6.07. The van der Waals surface area contributed by atoms with Crippen LogP contribution in [0.1, 0.15) is 19.3 Å². The number of hydrogen-bond donors (Lipinski definition) is 1. The van der Waals surface area contributed by atoms with Gasteiger partial charge in [0.25, 0.3) is 0 Å². The van der Waals surface area contributed by atoms with Gasteiger partial charge in [0.1, 0.15) is 0 Å². The molecule has 3 rings (SSSR count). The zero-order chi connectivity index (χ0) is 9.43. The molecule has 1 aliphatic carbocycles. The van der Waals surface area contributed by atoms with Crippen LogP contribution in [0.5, 0.6) is 0 Å². The van der Waals surface area contributed by atoms with Crippen molar-refractivity contribution in [2.75, 3.05) is 19.7 Å². The minimum atomic E-state index is 0.147. The monoisotopic (exact) mass is 191 g/mol. The number of piperidine rings is 1. The maximum atomic E-state index is 6.07. The Balaban J connectivity index is 1.89. The van der Waals surface area contributed by atoms with Crippen molar-refractivity contribution in [3.63, 3.8) is 0 Å². The Morgan fingerprint density at radius 2 is 2.21 bits per heavy atom. The highest BCUT2D eigenvalue weighted by atomic mass is 16.5. The van der Waals surface area contributed by atoms with Gasteiger partial charge < -0.3 is 10.1 Å². The first-order valence-electron chi connectivity index (χ1n) is 5.61. The average molecular weight is 191 g/mol. The van der Waals surface area contributed by atoms with Crippen LogP contribution in [0, 0.1) is 5.92 Å². The molecule has 0 aromatic heterocycles. The summed E-state index contributed by atoms with van der Waals surface area (Å²) in [4.78, 5) is 0. The van der Waals surface area contributed by atoms with Crippen LogP contribution in [0.15, 0.2) is 23.8 Å². The molecule has 0 bridgehead atoms. The van der Waals surface area contributed by atoms with E-state index in [1.807, 2.05) is 0 Å². The molecular weight excluding hydrogens is 174 g/mol. The Morgan fingerprint density at radius 1 is 1.36 bits per heavy atom. The van der Waals surface area contributed by atoms with Gasteiger partial charge in [0, 0.05) is 5.92 Å². The Morgan fingerprint density at radius 3 is 3.07 bits per heavy atom. The fraction of sp³-hybridized carbons (Fsp3) is 0.667. The van der Waals surface area contributed by atoms with Crippen molar-refractivity contribution >= 4 is 0 Å². The molecular formula is C12H17NO. The third kappa shape index (κ3) is 1.17. The van der Waals surface area contributed by atoms with Crippen LogP contribution >= 0.6 is 0 Å². The largest absolute Gasteiger partial charge is 0.370 e. The van der Waals surface area contributed by atoms with Crippen molar-refractivity contribution in [1.29, 1.82) is 0 Å². The van der Waals surface area contributed by atoms with E-state index in [2.05, 4.69) is 23.5 Å². The molecule has 0 amide bonds. The topological polar surface area (TPSA) is 21.3 Å². The van der Waals surface area contributed by atoms with Crippen molar-refractivity contribution in [3.05, 3.63) is 23.8 Å². The minimum absolute atomic E-state index is 0.147. The van der Waals surface area contributed by atoms with Crippen molar-refractivity contribution in [3.8, 4) is 0 Å². The minimum Gasteiger partial charge on any atom is -0.370 e. The van der Waals surface area contributed by atoms with Crippen molar-refractivity contribution in [2.24, 2.45) is 5.92 Å². The SMILES string of the molecule is C1=CC2C(=CC1)COC21CCNCC1. The van der Waals surface area contributed by atoms with Gasteiger partial charge in [0.2, 0.25) is 0 Å². The lowest BCUT2D eigenvalue weighted by Gasteiger charge is -2.37. The average Bonchev–Trinajstić information content (AvgIpc) is 2.60. The molecule has 1 unspecified atom stereocenters. The number of rotatable bonds is 0. The summed E-state index contributed by atoms with van der Waals surface area (Å²) in [6.07, 6.45) is 10.4. The van der Waals surface area contributed by atoms with E-state index in [4.69, 9.17) is 4.74 Å². The van der Waals surface area contributed by atoms with Gasteiger partial charge in [-0.1, -0.05) is 18.2 Å². The zero-order valence-corrected chi connectivity index (χ0v) is 8.46. The molecule has 2 fully saturated rings. The van der Waals surface area contributed by atoms with Crippen LogP contribution in [-0.4, -0.2) is 25.3 Å². The Labute approximate surface area is 85.0 Å². The van der Waals surface area contributed by atoms with E-state index in [1.165, 1.54) is 18.4 Å². The molecule has 0 saturated carbocycles. The normalized spacial score (nSPS) is 34.3. The maximum Gasteiger partial charge on any atom is 0.0811 e. The summed E-state index contributed by atoms with van der Waals surface area (Å²) in [7, 11) is 0. The molecule has 2 aliphatic heterocycles. The second-order valence-corrected chi connectivity index (χ2v) is 4.52. The summed E-state index contributed by atoms with van der Waals surface area (Å²) in [5.41, 5.74) is 1.67. The van der Waals surface area contributed by atoms with E-state index in [-0.39, 0.29) is 5.60 Å². The second kappa shape index (κ2) is 3.21. The lowest BCUT2D eigenvalue weighted by Crippen LogP contribution is -2.45. The van der Waals surface area contributed by atoms with E-state index in [0.29, 0.717) is 5.92 Å². The van der Waals surface area contributed by atoms with Crippen LogP contribution in [-0.2, 0) is 4.74 Å². The lowest BCUT2D eigenvalue weighted by molar-refractivity contribution is -0.0350. The van der Waals surface area contributed by atoms with Crippen LogP contribution in [0.4, 0.5) is 0 Å². The Kier molecular flexibility index (Phi) is 1.99. The third-order valence-corrected chi connectivity index (χ3v) is 3.79. The molecule has 2 heterocycles. The number of nitrogens with one attached hydrogen (secondary N) is 1. The first-order valence-corrected chi connectivity index (χ1v) is 5.61. The van der Waals surface area contributed by atoms with Crippen LogP contribution in [0.2, 0.25) is 0 Å². The molecule has 2 saturated heterocycles. The van der Waals surface area contributed by atoms with Crippen LogP contribution in [0.25, 0.3) is 0 Å². The molecule has 2 heteroatoms. The van der Waals surface area contributed by atoms with Gasteiger partial charge in [0.05, 0.1) is 12.2 Å². The molecule has 1 N–H and O–H groups in total. The first kappa shape index (κ1) is 8.69. The van der Waals surface area contributed by atoms with Gasteiger partial charge in [-0.25, -0.2) is 0 Å². The number of ether oxygens (including phenoxy) is 1. The van der Waals surface area contributed by atoms with Gasteiger partial charge in [-0.2, -0.15) is 0 Å². The Bertz CT molecular complexity index is 287. The molecule has 2 nitrogen and oxygen atoms in total. The third-order valence-electron chi connectivity index (χ3n) is 3.79. The number of allylic oxidation sites excluding steroid dienone is 2. The summed E-state index contributed by atoms with van der Waals surface area (Å²) in [6, 6.07) is 0. The van der Waals surface area contributed by atoms with Crippen molar-refractivity contribution < 1.29 is 4.74 Å². The summed E-state index contributed by atoms with van der Waals surface area (Å²) in [5, 5.41) is 3.41. The summed E-state index contributed by atoms with van der Waals surface area (Å²) >= 11 is 0. The molecule has 14 heavy (non-hydrogen) atoms. The zero-order valence-electron chi connectivity index (χ0n) is 8.46. The predicted octanol–water partition coefficient (Wildman–Crippen LogP) is 1.64. The Hall–Kier alpha value is -0.600. The highest BCUT2D eigenvalue weighted by Gasteiger charge is 2.46. The fourth-order valence-electron chi connectivity index (χ4n) is 2.97. The van der Waals surface area contributed by atoms with Crippen molar-refractivity contribution in [1.82, 2.24) is 5.32 Å². The van der Waals surface area contributed by atoms with Gasteiger partial charge >= 0.3 is 0 Å². The molecule has 1 atom stereocenters. The van der Waals surface area contributed by atoms with E-state index in [0.717, 1.165) is 26.1 Å². The second-order valence-electron chi connectivity index (χ2n) is 4.52. The predicted molar refractivity (Wildman–Crippen MR) is 56.1 cm³/mol. The molecule has 0 aromatic rings. The number of hydrogen-bond acceptors (Lipinski definition) is 2. The maximum absolute atomic E-state index is 6.07. The van der Waals surface area contributed by atoms with E-state index in [1.54, 1.807) is 0 Å². The molecule has 76 valence electrons. The molecule has 1 spiro atoms. The van der Waals surface area contributed by atoms with Gasteiger partial charge in [-0.05, 0) is 37.9 Å². The molecule has 3 aliphatic rings. The smallest absolute Gasteiger partial charge is 0.0811 e. The highest BCUT2D eigenvalue weighted by Crippen LogP contribution is 2.44.